The summed E-state index contributed by atoms with van der Waals surface area (Å²) < 4.78 is 18.7. The lowest BCUT2D eigenvalue weighted by Crippen LogP contribution is -2.43. The van der Waals surface area contributed by atoms with Crippen molar-refractivity contribution in [2.45, 2.75) is 6.04 Å². The van der Waals surface area contributed by atoms with Crippen LogP contribution in [0.1, 0.15) is 22.0 Å². The molecule has 0 saturated carbocycles. The number of pyridine rings is 1. The van der Waals surface area contributed by atoms with Crippen molar-refractivity contribution in [1.82, 2.24) is 9.88 Å². The van der Waals surface area contributed by atoms with Gasteiger partial charge in [0.15, 0.2) is 0 Å². The summed E-state index contributed by atoms with van der Waals surface area (Å²) in [5, 5.41) is 0. The Morgan fingerprint density at radius 3 is 2.86 bits per heavy atom. The highest BCUT2D eigenvalue weighted by molar-refractivity contribution is 5.94. The molecule has 3 rings (SSSR count). The van der Waals surface area contributed by atoms with Crippen LogP contribution in [0.3, 0.4) is 0 Å². The number of carbonyl (C=O) groups excluding carboxylic acids is 1. The van der Waals surface area contributed by atoms with E-state index in [0.717, 1.165) is 5.56 Å². The number of rotatable bonds is 2. The minimum absolute atomic E-state index is 0.149. The summed E-state index contributed by atoms with van der Waals surface area (Å²) >= 11 is 0. The first-order chi connectivity index (χ1) is 10.3. The molecule has 1 aromatic heterocycles. The van der Waals surface area contributed by atoms with Gasteiger partial charge in [-0.3, -0.25) is 4.79 Å². The first kappa shape index (κ1) is 13.7. The van der Waals surface area contributed by atoms with E-state index in [2.05, 4.69) is 4.98 Å². The second-order valence-electron chi connectivity index (χ2n) is 4.87. The van der Waals surface area contributed by atoms with Crippen molar-refractivity contribution in [3.63, 3.8) is 0 Å². The molecule has 1 fully saturated rings. The van der Waals surface area contributed by atoms with Crippen LogP contribution >= 0.6 is 0 Å². The van der Waals surface area contributed by atoms with Crippen LogP contribution in [-0.2, 0) is 4.74 Å². The smallest absolute Gasteiger partial charge is 0.254 e. The first-order valence-corrected chi connectivity index (χ1v) is 6.81. The molecule has 0 unspecified atom stereocenters. The van der Waals surface area contributed by atoms with Crippen LogP contribution in [0, 0.1) is 5.95 Å². The van der Waals surface area contributed by atoms with E-state index in [0.29, 0.717) is 25.3 Å². The Labute approximate surface area is 122 Å². The maximum atomic E-state index is 13.2. The summed E-state index contributed by atoms with van der Waals surface area (Å²) in [4.78, 5) is 17.8. The lowest BCUT2D eigenvalue weighted by atomic mass is 10.0. The highest BCUT2D eigenvalue weighted by Gasteiger charge is 2.29. The molecule has 2 aromatic rings. The number of aromatic nitrogens is 1. The van der Waals surface area contributed by atoms with Crippen molar-refractivity contribution < 1.29 is 13.9 Å². The summed E-state index contributed by atoms with van der Waals surface area (Å²) in [6.07, 6.45) is 1.31. The second-order valence-corrected chi connectivity index (χ2v) is 4.87. The fraction of sp³-hybridized carbons (Fsp3) is 0.250. The van der Waals surface area contributed by atoms with Crippen molar-refractivity contribution in [3.05, 3.63) is 65.7 Å². The number of carbonyl (C=O) groups is 1. The third-order valence-corrected chi connectivity index (χ3v) is 3.55. The Morgan fingerprint density at radius 2 is 2.10 bits per heavy atom. The SMILES string of the molecule is O=C(c1ccnc(F)c1)N1CCOC[C@@H]1c1ccccc1. The number of ether oxygens (including phenoxy) is 1. The molecule has 0 aliphatic carbocycles. The molecule has 0 bridgehead atoms. The van der Waals surface area contributed by atoms with E-state index >= 15 is 0 Å². The van der Waals surface area contributed by atoms with Crippen LogP contribution in [0.15, 0.2) is 48.7 Å². The van der Waals surface area contributed by atoms with Gasteiger partial charge in [0.25, 0.3) is 5.91 Å². The van der Waals surface area contributed by atoms with E-state index < -0.39 is 5.95 Å². The standard InChI is InChI=1S/C16H15FN2O2/c17-15-10-13(6-7-18-15)16(20)19-8-9-21-11-14(19)12-4-2-1-3-5-12/h1-7,10,14H,8-9,11H2/t14-/m1/s1. The Kier molecular flexibility index (Phi) is 3.92. The van der Waals surface area contributed by atoms with E-state index in [1.54, 1.807) is 4.90 Å². The number of nitrogens with zero attached hydrogens (tertiary/aromatic N) is 2. The second kappa shape index (κ2) is 6.01. The molecule has 5 heteroatoms. The Bertz CT molecular complexity index is 633. The van der Waals surface area contributed by atoms with E-state index in [4.69, 9.17) is 4.74 Å². The molecule has 0 N–H and O–H groups in total. The van der Waals surface area contributed by atoms with Crippen molar-refractivity contribution in [2.75, 3.05) is 19.8 Å². The van der Waals surface area contributed by atoms with Crippen molar-refractivity contribution in [1.29, 1.82) is 0 Å². The summed E-state index contributed by atoms with van der Waals surface area (Å²) in [7, 11) is 0. The van der Waals surface area contributed by atoms with Crippen LogP contribution in [-0.4, -0.2) is 35.5 Å². The van der Waals surface area contributed by atoms with Gasteiger partial charge < -0.3 is 9.64 Å². The normalized spacial score (nSPS) is 18.5. The van der Waals surface area contributed by atoms with Crippen LogP contribution in [0.5, 0.6) is 0 Å². The van der Waals surface area contributed by atoms with Gasteiger partial charge in [0.05, 0.1) is 19.3 Å². The molecule has 1 atom stereocenters. The summed E-state index contributed by atoms with van der Waals surface area (Å²) in [5.41, 5.74) is 1.32. The molecule has 2 heterocycles. The van der Waals surface area contributed by atoms with Gasteiger partial charge in [-0.15, -0.1) is 0 Å². The third-order valence-electron chi connectivity index (χ3n) is 3.55. The largest absolute Gasteiger partial charge is 0.377 e. The first-order valence-electron chi connectivity index (χ1n) is 6.81. The predicted molar refractivity (Wildman–Crippen MR) is 75.2 cm³/mol. The number of hydrogen-bond acceptors (Lipinski definition) is 3. The molecule has 1 aliphatic rings. The van der Waals surface area contributed by atoms with E-state index in [9.17, 15) is 9.18 Å². The molecule has 0 radical (unpaired) electrons. The molecule has 1 saturated heterocycles. The van der Waals surface area contributed by atoms with E-state index in [-0.39, 0.29) is 11.9 Å². The molecule has 0 spiro atoms. The molecule has 1 amide bonds. The van der Waals surface area contributed by atoms with E-state index in [1.807, 2.05) is 30.3 Å². The number of halogens is 1. The van der Waals surface area contributed by atoms with Gasteiger partial charge in [0.2, 0.25) is 5.95 Å². The lowest BCUT2D eigenvalue weighted by Gasteiger charge is -2.36. The molecule has 1 aromatic carbocycles. The summed E-state index contributed by atoms with van der Waals surface area (Å²) in [6, 6.07) is 12.3. The minimum Gasteiger partial charge on any atom is -0.377 e. The Balaban J connectivity index is 1.89. The van der Waals surface area contributed by atoms with Gasteiger partial charge in [-0.2, -0.15) is 4.39 Å². The zero-order valence-electron chi connectivity index (χ0n) is 11.4. The summed E-state index contributed by atoms with van der Waals surface area (Å²) in [5.74, 6) is -0.848. The van der Waals surface area contributed by atoms with Gasteiger partial charge in [0.1, 0.15) is 0 Å². The molecular formula is C16H15FN2O2. The number of hydrogen-bond donors (Lipinski definition) is 0. The monoisotopic (exact) mass is 286 g/mol. The average Bonchev–Trinajstić information content (AvgIpc) is 2.55. The van der Waals surface area contributed by atoms with Crippen molar-refractivity contribution in [3.8, 4) is 0 Å². The van der Waals surface area contributed by atoms with Crippen LogP contribution < -0.4 is 0 Å². The number of morpholine rings is 1. The number of benzene rings is 1. The molecular weight excluding hydrogens is 271 g/mol. The zero-order chi connectivity index (χ0) is 14.7. The number of amides is 1. The van der Waals surface area contributed by atoms with Crippen molar-refractivity contribution >= 4 is 5.91 Å². The van der Waals surface area contributed by atoms with Crippen LogP contribution in [0.4, 0.5) is 4.39 Å². The minimum atomic E-state index is -0.648. The van der Waals surface area contributed by atoms with Gasteiger partial charge in [0, 0.05) is 24.4 Å². The topological polar surface area (TPSA) is 42.4 Å². The third kappa shape index (κ3) is 2.92. The predicted octanol–water partition coefficient (Wildman–Crippen LogP) is 2.43. The molecule has 1 aliphatic heterocycles. The van der Waals surface area contributed by atoms with Gasteiger partial charge in [-0.05, 0) is 11.6 Å². The maximum absolute atomic E-state index is 13.2. The van der Waals surface area contributed by atoms with Gasteiger partial charge in [-0.1, -0.05) is 30.3 Å². The highest BCUT2D eigenvalue weighted by Crippen LogP contribution is 2.25. The van der Waals surface area contributed by atoms with Crippen LogP contribution in [0.2, 0.25) is 0 Å². The average molecular weight is 286 g/mol. The van der Waals surface area contributed by atoms with Crippen molar-refractivity contribution in [2.24, 2.45) is 0 Å². The van der Waals surface area contributed by atoms with E-state index in [1.165, 1.54) is 18.3 Å². The Hall–Kier alpha value is -2.27. The molecule has 108 valence electrons. The Morgan fingerprint density at radius 1 is 1.29 bits per heavy atom. The van der Waals surface area contributed by atoms with Crippen LogP contribution in [0.25, 0.3) is 0 Å². The fourth-order valence-corrected chi connectivity index (χ4v) is 2.50. The van der Waals surface area contributed by atoms with Gasteiger partial charge >= 0.3 is 0 Å². The van der Waals surface area contributed by atoms with Gasteiger partial charge in [-0.25, -0.2) is 4.98 Å². The zero-order valence-corrected chi connectivity index (χ0v) is 11.4. The molecule has 21 heavy (non-hydrogen) atoms. The fourth-order valence-electron chi connectivity index (χ4n) is 2.50. The molecule has 4 nitrogen and oxygen atoms in total. The highest BCUT2D eigenvalue weighted by atomic mass is 19.1. The summed E-state index contributed by atoms with van der Waals surface area (Å²) in [6.45, 7) is 1.42. The maximum Gasteiger partial charge on any atom is 0.254 e. The quantitative estimate of drug-likeness (QED) is 0.796. The lowest BCUT2D eigenvalue weighted by molar-refractivity contribution is -0.00272.